The number of amides is 2. The van der Waals surface area contributed by atoms with E-state index in [0.717, 1.165) is 7.11 Å². The van der Waals surface area contributed by atoms with Gasteiger partial charge in [-0.1, -0.05) is 0 Å². The summed E-state index contributed by atoms with van der Waals surface area (Å²) in [5.41, 5.74) is 0. The lowest BCUT2D eigenvalue weighted by atomic mass is 10.3. The molecule has 0 fully saturated rings. The molecule has 160 valence electrons. The Kier molecular flexibility index (Phi) is 8.16. The number of nitrogens with zero attached hydrogens (tertiary/aromatic N) is 1. The summed E-state index contributed by atoms with van der Waals surface area (Å²) in [5.74, 6) is -1.25. The molecule has 0 aliphatic heterocycles. The quantitative estimate of drug-likeness (QED) is 0.501. The van der Waals surface area contributed by atoms with Gasteiger partial charge in [-0.15, -0.1) is 0 Å². The van der Waals surface area contributed by atoms with Crippen molar-refractivity contribution in [2.75, 3.05) is 20.3 Å². The SMILES string of the molecule is COC(=O)C(=O)N(CCOc1ccc(Oc2ccc(F)cc2)cc1)C(=O)OC(C)C. The Bertz CT molecular complexity index is 866. The molecule has 0 aliphatic rings. The third kappa shape index (κ3) is 6.77. The normalized spacial score (nSPS) is 10.3. The van der Waals surface area contributed by atoms with Crippen LogP contribution in [0.4, 0.5) is 9.18 Å². The maximum absolute atomic E-state index is 12.9. The van der Waals surface area contributed by atoms with Gasteiger partial charge in [0.05, 0.1) is 19.8 Å². The van der Waals surface area contributed by atoms with Crippen LogP contribution >= 0.6 is 0 Å². The van der Waals surface area contributed by atoms with Gasteiger partial charge in [-0.25, -0.2) is 18.9 Å². The minimum atomic E-state index is -1.18. The molecule has 2 amide bonds. The van der Waals surface area contributed by atoms with Crippen molar-refractivity contribution >= 4 is 18.0 Å². The Morgan fingerprint density at radius 2 is 1.47 bits per heavy atom. The zero-order valence-electron chi connectivity index (χ0n) is 16.8. The van der Waals surface area contributed by atoms with E-state index in [1.54, 1.807) is 38.1 Å². The number of hydrogen-bond donors (Lipinski definition) is 0. The van der Waals surface area contributed by atoms with Gasteiger partial charge in [-0.3, -0.25) is 4.79 Å². The van der Waals surface area contributed by atoms with E-state index in [0.29, 0.717) is 22.1 Å². The number of carbonyl (C=O) groups excluding carboxylic acids is 3. The summed E-state index contributed by atoms with van der Waals surface area (Å²) in [4.78, 5) is 36.2. The number of rotatable bonds is 7. The molecule has 0 spiro atoms. The van der Waals surface area contributed by atoms with Crippen LogP contribution in [0.5, 0.6) is 17.2 Å². The highest BCUT2D eigenvalue weighted by Crippen LogP contribution is 2.24. The molecule has 0 saturated heterocycles. The van der Waals surface area contributed by atoms with Crippen LogP contribution in [0.25, 0.3) is 0 Å². The van der Waals surface area contributed by atoms with Crippen LogP contribution in [0, 0.1) is 5.82 Å². The predicted octanol–water partition coefficient (Wildman–Crippen LogP) is 3.54. The molecule has 0 radical (unpaired) electrons. The Balaban J connectivity index is 1.93. The summed E-state index contributed by atoms with van der Waals surface area (Å²) in [6.45, 7) is 2.94. The lowest BCUT2D eigenvalue weighted by molar-refractivity contribution is -0.157. The first kappa shape index (κ1) is 22.7. The number of methoxy groups -OCH3 is 1. The molecule has 0 N–H and O–H groups in total. The summed E-state index contributed by atoms with van der Waals surface area (Å²) < 4.78 is 33.4. The molecule has 30 heavy (non-hydrogen) atoms. The van der Waals surface area contributed by atoms with E-state index >= 15 is 0 Å². The second-order valence-electron chi connectivity index (χ2n) is 6.26. The number of esters is 1. The largest absolute Gasteiger partial charge is 0.492 e. The van der Waals surface area contributed by atoms with Gasteiger partial charge < -0.3 is 18.9 Å². The van der Waals surface area contributed by atoms with Crippen LogP contribution < -0.4 is 9.47 Å². The van der Waals surface area contributed by atoms with E-state index < -0.39 is 24.1 Å². The zero-order chi connectivity index (χ0) is 22.1. The summed E-state index contributed by atoms with van der Waals surface area (Å²) in [7, 11) is 1.04. The fourth-order valence-electron chi connectivity index (χ4n) is 2.24. The lowest BCUT2D eigenvalue weighted by Gasteiger charge is -2.20. The second-order valence-corrected chi connectivity index (χ2v) is 6.26. The van der Waals surface area contributed by atoms with Crippen LogP contribution in [0.2, 0.25) is 0 Å². The van der Waals surface area contributed by atoms with Gasteiger partial charge in [0.2, 0.25) is 0 Å². The van der Waals surface area contributed by atoms with E-state index in [4.69, 9.17) is 14.2 Å². The van der Waals surface area contributed by atoms with E-state index in [9.17, 15) is 18.8 Å². The van der Waals surface area contributed by atoms with E-state index in [1.807, 2.05) is 0 Å². The number of ether oxygens (including phenoxy) is 4. The highest BCUT2D eigenvalue weighted by Gasteiger charge is 2.30. The average molecular weight is 419 g/mol. The molecule has 0 unspecified atom stereocenters. The molecule has 2 rings (SSSR count). The first-order valence-corrected chi connectivity index (χ1v) is 9.07. The van der Waals surface area contributed by atoms with Gasteiger partial charge in [-0.05, 0) is 62.4 Å². The topological polar surface area (TPSA) is 91.4 Å². The first-order chi connectivity index (χ1) is 14.3. The summed E-state index contributed by atoms with van der Waals surface area (Å²) >= 11 is 0. The molecule has 0 heterocycles. The average Bonchev–Trinajstić information content (AvgIpc) is 2.72. The molecule has 8 nitrogen and oxygen atoms in total. The predicted molar refractivity (Wildman–Crippen MR) is 104 cm³/mol. The molecule has 0 atom stereocenters. The summed E-state index contributed by atoms with van der Waals surface area (Å²) in [5, 5.41) is 0. The summed E-state index contributed by atoms with van der Waals surface area (Å²) in [6.07, 6.45) is -1.44. The van der Waals surface area contributed by atoms with Crippen LogP contribution in [-0.2, 0) is 19.1 Å². The Labute approximate surface area is 173 Å². The molecular weight excluding hydrogens is 397 g/mol. The number of hydrogen-bond acceptors (Lipinski definition) is 7. The third-order valence-electron chi connectivity index (χ3n) is 3.62. The summed E-state index contributed by atoms with van der Waals surface area (Å²) in [6, 6.07) is 12.1. The van der Waals surface area contributed by atoms with Crippen molar-refractivity contribution in [1.29, 1.82) is 0 Å². The van der Waals surface area contributed by atoms with Gasteiger partial charge in [-0.2, -0.15) is 0 Å². The van der Waals surface area contributed by atoms with Crippen molar-refractivity contribution in [3.05, 3.63) is 54.3 Å². The molecule has 0 saturated carbocycles. The van der Waals surface area contributed by atoms with Crippen LogP contribution in [0.15, 0.2) is 48.5 Å². The highest BCUT2D eigenvalue weighted by molar-refractivity contribution is 6.34. The smallest absolute Gasteiger partial charge is 0.417 e. The van der Waals surface area contributed by atoms with Crippen molar-refractivity contribution in [3.63, 3.8) is 0 Å². The molecule has 0 aromatic heterocycles. The fourth-order valence-corrected chi connectivity index (χ4v) is 2.24. The van der Waals surface area contributed by atoms with Crippen LogP contribution in [0.1, 0.15) is 13.8 Å². The van der Waals surface area contributed by atoms with Crippen molar-refractivity contribution in [3.8, 4) is 17.2 Å². The van der Waals surface area contributed by atoms with Crippen LogP contribution in [-0.4, -0.2) is 49.2 Å². The lowest BCUT2D eigenvalue weighted by Crippen LogP contribution is -2.44. The number of halogens is 1. The highest BCUT2D eigenvalue weighted by atomic mass is 19.1. The fraction of sp³-hybridized carbons (Fsp3) is 0.286. The van der Waals surface area contributed by atoms with Gasteiger partial charge in [0, 0.05) is 0 Å². The number of imide groups is 1. The van der Waals surface area contributed by atoms with Crippen molar-refractivity contribution in [1.82, 2.24) is 4.90 Å². The van der Waals surface area contributed by atoms with E-state index in [1.165, 1.54) is 24.3 Å². The van der Waals surface area contributed by atoms with Crippen molar-refractivity contribution < 1.29 is 37.7 Å². The standard InChI is InChI=1S/C21H22FNO7/c1-14(2)29-21(26)23(19(24)20(25)27-3)12-13-28-16-8-10-18(11-9-16)30-17-6-4-15(22)5-7-17/h4-11,14H,12-13H2,1-3H3. The Hall–Kier alpha value is -3.62. The Morgan fingerprint density at radius 1 is 0.933 bits per heavy atom. The van der Waals surface area contributed by atoms with E-state index in [2.05, 4.69) is 4.74 Å². The first-order valence-electron chi connectivity index (χ1n) is 9.07. The molecule has 9 heteroatoms. The van der Waals surface area contributed by atoms with Crippen molar-refractivity contribution in [2.24, 2.45) is 0 Å². The third-order valence-corrected chi connectivity index (χ3v) is 3.62. The molecule has 2 aromatic carbocycles. The van der Waals surface area contributed by atoms with Gasteiger partial charge in [0.25, 0.3) is 0 Å². The maximum Gasteiger partial charge on any atom is 0.417 e. The van der Waals surface area contributed by atoms with E-state index in [-0.39, 0.29) is 19.0 Å². The number of benzene rings is 2. The number of carbonyl (C=O) groups is 3. The van der Waals surface area contributed by atoms with Gasteiger partial charge in [0.15, 0.2) is 0 Å². The molecule has 0 bridgehead atoms. The van der Waals surface area contributed by atoms with Crippen molar-refractivity contribution in [2.45, 2.75) is 20.0 Å². The maximum atomic E-state index is 12.9. The van der Waals surface area contributed by atoms with Gasteiger partial charge >= 0.3 is 18.0 Å². The zero-order valence-corrected chi connectivity index (χ0v) is 16.8. The van der Waals surface area contributed by atoms with Crippen LogP contribution in [0.3, 0.4) is 0 Å². The minimum Gasteiger partial charge on any atom is -0.492 e. The second kappa shape index (κ2) is 10.8. The van der Waals surface area contributed by atoms with Gasteiger partial charge in [0.1, 0.15) is 29.7 Å². The molecule has 2 aromatic rings. The molecular formula is C21H22FNO7. The minimum absolute atomic E-state index is 0.0753. The molecule has 0 aliphatic carbocycles. The monoisotopic (exact) mass is 419 g/mol. The Morgan fingerprint density at radius 3 is 2.00 bits per heavy atom.